The van der Waals surface area contributed by atoms with Crippen LogP contribution in [0.4, 0.5) is 5.69 Å². The van der Waals surface area contributed by atoms with Crippen molar-refractivity contribution in [2.24, 2.45) is 5.73 Å². The van der Waals surface area contributed by atoms with E-state index in [2.05, 4.69) is 11.0 Å². The van der Waals surface area contributed by atoms with Gasteiger partial charge in [-0.3, -0.25) is 0 Å². The maximum atomic E-state index is 5.83. The molecule has 0 aliphatic heterocycles. The zero-order valence-corrected chi connectivity index (χ0v) is 9.36. The zero-order valence-electron chi connectivity index (χ0n) is 9.36. The quantitative estimate of drug-likeness (QED) is 0.815. The van der Waals surface area contributed by atoms with Crippen molar-refractivity contribution in [1.82, 2.24) is 0 Å². The molecular formula is C12H18N2O. The summed E-state index contributed by atoms with van der Waals surface area (Å²) in [5, 5.41) is 0. The minimum absolute atomic E-state index is 0.424. The molecule has 1 aliphatic carbocycles. The van der Waals surface area contributed by atoms with Crippen LogP contribution in [-0.4, -0.2) is 20.2 Å². The van der Waals surface area contributed by atoms with Gasteiger partial charge in [-0.1, -0.05) is 6.07 Å². The first-order chi connectivity index (χ1) is 7.22. The van der Waals surface area contributed by atoms with E-state index in [-0.39, 0.29) is 0 Å². The van der Waals surface area contributed by atoms with Crippen LogP contribution >= 0.6 is 0 Å². The highest BCUT2D eigenvalue weighted by atomic mass is 16.5. The molecule has 1 aliphatic rings. The zero-order chi connectivity index (χ0) is 10.8. The Morgan fingerprint density at radius 3 is 2.67 bits per heavy atom. The summed E-state index contributed by atoms with van der Waals surface area (Å²) in [6, 6.07) is 6.10. The van der Waals surface area contributed by atoms with Crippen molar-refractivity contribution in [3.8, 4) is 5.75 Å². The Balaban J connectivity index is 2.30. The van der Waals surface area contributed by atoms with Crippen LogP contribution in [0.3, 0.4) is 0 Å². The first kappa shape index (κ1) is 10.3. The third-order valence-corrected chi connectivity index (χ3v) is 2.61. The molecule has 3 heteroatoms. The predicted octanol–water partition coefficient (Wildman–Crippen LogP) is 1.75. The monoisotopic (exact) mass is 206 g/mol. The normalized spacial score (nSPS) is 15.1. The van der Waals surface area contributed by atoms with Crippen molar-refractivity contribution in [3.63, 3.8) is 0 Å². The second-order valence-corrected chi connectivity index (χ2v) is 4.17. The fraction of sp³-hybridized carbons (Fsp3) is 0.500. The minimum atomic E-state index is 0.424. The molecule has 1 saturated carbocycles. The average Bonchev–Trinajstić information content (AvgIpc) is 3.01. The topological polar surface area (TPSA) is 38.5 Å². The van der Waals surface area contributed by atoms with Crippen LogP contribution in [0, 0.1) is 0 Å². The van der Waals surface area contributed by atoms with Crippen LogP contribution in [0.1, 0.15) is 18.4 Å². The van der Waals surface area contributed by atoms with Gasteiger partial charge in [0.15, 0.2) is 0 Å². The molecule has 3 nitrogen and oxygen atoms in total. The summed E-state index contributed by atoms with van der Waals surface area (Å²) < 4.78 is 5.83. The second-order valence-electron chi connectivity index (χ2n) is 4.17. The fourth-order valence-electron chi connectivity index (χ4n) is 1.65. The van der Waals surface area contributed by atoms with Gasteiger partial charge in [0.05, 0.1) is 6.10 Å². The number of benzene rings is 1. The lowest BCUT2D eigenvalue weighted by Gasteiger charge is -2.19. The molecule has 2 N–H and O–H groups in total. The number of hydrogen-bond acceptors (Lipinski definition) is 3. The Kier molecular flexibility index (Phi) is 2.82. The summed E-state index contributed by atoms with van der Waals surface area (Å²) >= 11 is 0. The van der Waals surface area contributed by atoms with E-state index in [0.29, 0.717) is 12.6 Å². The maximum Gasteiger partial charge on any atom is 0.126 e. The van der Waals surface area contributed by atoms with Crippen LogP contribution in [0.5, 0.6) is 5.75 Å². The Morgan fingerprint density at radius 1 is 1.40 bits per heavy atom. The van der Waals surface area contributed by atoms with E-state index in [0.717, 1.165) is 17.0 Å². The third-order valence-electron chi connectivity index (χ3n) is 2.61. The summed E-state index contributed by atoms with van der Waals surface area (Å²) in [5.74, 6) is 0.950. The third kappa shape index (κ3) is 2.23. The summed E-state index contributed by atoms with van der Waals surface area (Å²) in [4.78, 5) is 2.07. The predicted molar refractivity (Wildman–Crippen MR) is 62.3 cm³/mol. The van der Waals surface area contributed by atoms with Gasteiger partial charge in [0.25, 0.3) is 0 Å². The van der Waals surface area contributed by atoms with Gasteiger partial charge in [-0.2, -0.15) is 0 Å². The van der Waals surface area contributed by atoms with E-state index in [1.165, 1.54) is 12.8 Å². The van der Waals surface area contributed by atoms with Gasteiger partial charge in [0.1, 0.15) is 5.75 Å². The van der Waals surface area contributed by atoms with E-state index in [9.17, 15) is 0 Å². The van der Waals surface area contributed by atoms with Gasteiger partial charge in [0.2, 0.25) is 0 Å². The van der Waals surface area contributed by atoms with Crippen molar-refractivity contribution < 1.29 is 4.74 Å². The second kappa shape index (κ2) is 4.11. The molecular weight excluding hydrogens is 188 g/mol. The number of rotatable bonds is 4. The number of hydrogen-bond donors (Lipinski definition) is 1. The number of nitrogens with zero attached hydrogens (tertiary/aromatic N) is 1. The Morgan fingerprint density at radius 2 is 2.13 bits per heavy atom. The van der Waals surface area contributed by atoms with Crippen molar-refractivity contribution in [2.75, 3.05) is 19.0 Å². The average molecular weight is 206 g/mol. The molecule has 0 radical (unpaired) electrons. The summed E-state index contributed by atoms with van der Waals surface area (Å²) in [6.45, 7) is 0.524. The highest BCUT2D eigenvalue weighted by molar-refractivity contribution is 5.58. The summed E-state index contributed by atoms with van der Waals surface area (Å²) in [6.07, 6.45) is 2.78. The van der Waals surface area contributed by atoms with E-state index in [4.69, 9.17) is 10.5 Å². The molecule has 1 fully saturated rings. The molecule has 15 heavy (non-hydrogen) atoms. The van der Waals surface area contributed by atoms with Crippen LogP contribution < -0.4 is 15.4 Å². The molecule has 0 amide bonds. The lowest BCUT2D eigenvalue weighted by molar-refractivity contribution is 0.300. The van der Waals surface area contributed by atoms with Gasteiger partial charge in [-0.15, -0.1) is 0 Å². The molecule has 1 aromatic carbocycles. The fourth-order valence-corrected chi connectivity index (χ4v) is 1.65. The van der Waals surface area contributed by atoms with E-state index in [1.807, 2.05) is 26.2 Å². The molecule has 0 saturated heterocycles. The Labute approximate surface area is 90.8 Å². The van der Waals surface area contributed by atoms with E-state index in [1.54, 1.807) is 0 Å². The minimum Gasteiger partial charge on any atom is -0.490 e. The molecule has 82 valence electrons. The molecule has 2 rings (SSSR count). The smallest absolute Gasteiger partial charge is 0.126 e. The highest BCUT2D eigenvalue weighted by Crippen LogP contribution is 2.33. The maximum absolute atomic E-state index is 5.83. The Hall–Kier alpha value is -1.22. The number of anilines is 1. The van der Waals surface area contributed by atoms with Gasteiger partial charge >= 0.3 is 0 Å². The SMILES string of the molecule is CN(C)c1cccc(OC2CC2)c1CN. The van der Waals surface area contributed by atoms with E-state index >= 15 is 0 Å². The van der Waals surface area contributed by atoms with Crippen LogP contribution in [-0.2, 0) is 6.54 Å². The lowest BCUT2D eigenvalue weighted by atomic mass is 10.1. The highest BCUT2D eigenvalue weighted by Gasteiger charge is 2.24. The first-order valence-corrected chi connectivity index (χ1v) is 5.38. The van der Waals surface area contributed by atoms with Crippen molar-refractivity contribution >= 4 is 5.69 Å². The Bertz CT molecular complexity index is 345. The van der Waals surface area contributed by atoms with E-state index < -0.39 is 0 Å². The molecule has 0 bridgehead atoms. The van der Waals surface area contributed by atoms with Gasteiger partial charge in [-0.25, -0.2) is 0 Å². The van der Waals surface area contributed by atoms with Crippen molar-refractivity contribution in [3.05, 3.63) is 23.8 Å². The molecule has 0 atom stereocenters. The standard InChI is InChI=1S/C12H18N2O/c1-14(2)11-4-3-5-12(10(11)8-13)15-9-6-7-9/h3-5,9H,6-8,13H2,1-2H3. The molecule has 0 heterocycles. The van der Waals surface area contributed by atoms with Gasteiger partial charge in [0, 0.05) is 31.9 Å². The van der Waals surface area contributed by atoms with Gasteiger partial charge < -0.3 is 15.4 Å². The van der Waals surface area contributed by atoms with Crippen LogP contribution in [0.25, 0.3) is 0 Å². The summed E-state index contributed by atoms with van der Waals surface area (Å²) in [7, 11) is 4.05. The molecule has 0 aromatic heterocycles. The lowest BCUT2D eigenvalue weighted by Crippen LogP contribution is -2.14. The van der Waals surface area contributed by atoms with Crippen LogP contribution in [0.2, 0.25) is 0 Å². The van der Waals surface area contributed by atoms with Crippen molar-refractivity contribution in [2.45, 2.75) is 25.5 Å². The first-order valence-electron chi connectivity index (χ1n) is 5.38. The molecule has 0 spiro atoms. The number of nitrogens with two attached hydrogens (primary N) is 1. The van der Waals surface area contributed by atoms with Crippen molar-refractivity contribution in [1.29, 1.82) is 0 Å². The summed E-state index contributed by atoms with van der Waals surface area (Å²) in [5.41, 5.74) is 8.03. The van der Waals surface area contributed by atoms with Gasteiger partial charge in [-0.05, 0) is 25.0 Å². The van der Waals surface area contributed by atoms with Crippen LogP contribution in [0.15, 0.2) is 18.2 Å². The molecule has 0 unspecified atom stereocenters. The largest absolute Gasteiger partial charge is 0.490 e. The molecule has 1 aromatic rings. The number of ether oxygens (including phenoxy) is 1.